The summed E-state index contributed by atoms with van der Waals surface area (Å²) in [4.78, 5) is 42.8. The summed E-state index contributed by atoms with van der Waals surface area (Å²) in [5.74, 6) is -0.0581. The number of amides is 2. The maximum atomic E-state index is 14.3. The largest absolute Gasteiger partial charge is 0.465 e. The fraction of sp³-hybridized carbons (Fsp3) is 0.432. The van der Waals surface area contributed by atoms with Crippen LogP contribution in [-0.4, -0.2) is 66.7 Å². The Labute approximate surface area is 292 Å². The Morgan fingerprint density at radius 1 is 1.06 bits per heavy atom. The second kappa shape index (κ2) is 13.6. The van der Waals surface area contributed by atoms with Gasteiger partial charge in [0.1, 0.15) is 29.6 Å². The van der Waals surface area contributed by atoms with Crippen LogP contribution in [0.4, 0.5) is 34.0 Å². The molecule has 14 heteroatoms. The Morgan fingerprint density at radius 3 is 2.53 bits per heavy atom. The molecule has 3 aliphatic heterocycles. The van der Waals surface area contributed by atoms with Crippen molar-refractivity contribution in [3.8, 4) is 11.3 Å². The number of aromatic nitrogens is 4. The number of likely N-dealkylation sites (tertiary alicyclic amines) is 1. The topological polar surface area (TPSA) is 116 Å². The van der Waals surface area contributed by atoms with E-state index in [9.17, 15) is 32.3 Å². The Kier molecular flexibility index (Phi) is 9.19. The minimum atomic E-state index is -4.89. The van der Waals surface area contributed by atoms with Gasteiger partial charge >= 0.3 is 12.3 Å². The van der Waals surface area contributed by atoms with Gasteiger partial charge in [0, 0.05) is 49.4 Å². The molecule has 0 radical (unpaired) electrons. The lowest BCUT2D eigenvalue weighted by Crippen LogP contribution is -2.58. The zero-order chi connectivity index (χ0) is 35.9. The fourth-order valence-electron chi connectivity index (χ4n) is 8.15. The molecule has 2 amide bonds. The maximum Gasteiger partial charge on any atom is 0.419 e. The lowest BCUT2D eigenvalue weighted by atomic mass is 9.81. The summed E-state index contributed by atoms with van der Waals surface area (Å²) < 4.78 is 57.6. The van der Waals surface area contributed by atoms with Crippen LogP contribution in [0.5, 0.6) is 0 Å². The standard InChI is InChI=1S/C37H39F4N7O3/c1-2-26-30-31(45-34(26)49)42-22-43-33(30)46-16-12-24(13-17-46)32-44-29(25-10-11-28(38)27(18-25)37(39,40)41)20-47(32)21-36(19-23-8-4-3-5-9-23)14-6-7-15-48(36)35(50)51/h3-5,8-11,18,20,22,24,26H,2,6-7,12-17,19,21H2,1H3,(H,50,51)(H,42,43,45,49)/t26?,36-/m0/s1. The predicted octanol–water partition coefficient (Wildman–Crippen LogP) is 7.47. The highest BCUT2D eigenvalue weighted by molar-refractivity contribution is 6.03. The Bertz CT molecular complexity index is 1930. The molecule has 4 aromatic rings. The van der Waals surface area contributed by atoms with Crippen LogP contribution in [0, 0.1) is 5.82 Å². The highest BCUT2D eigenvalue weighted by Crippen LogP contribution is 2.42. The number of hydrogen-bond acceptors (Lipinski definition) is 6. The minimum absolute atomic E-state index is 0.101. The van der Waals surface area contributed by atoms with Crippen molar-refractivity contribution in [3.63, 3.8) is 0 Å². The number of anilines is 2. The Hall–Kier alpha value is -5.01. The number of carboxylic acid groups (broad SMARTS) is 1. The van der Waals surface area contributed by atoms with Gasteiger partial charge in [-0.25, -0.2) is 24.1 Å². The number of piperidine rings is 2. The third-order valence-electron chi connectivity index (χ3n) is 10.6. The van der Waals surface area contributed by atoms with Gasteiger partial charge in [0.15, 0.2) is 0 Å². The molecule has 268 valence electrons. The van der Waals surface area contributed by atoms with Crippen molar-refractivity contribution in [2.45, 2.75) is 82.0 Å². The number of rotatable bonds is 8. The highest BCUT2D eigenvalue weighted by atomic mass is 19.4. The van der Waals surface area contributed by atoms with E-state index in [1.54, 1.807) is 6.20 Å². The van der Waals surface area contributed by atoms with E-state index in [2.05, 4.69) is 20.2 Å². The average Bonchev–Trinajstić information content (AvgIpc) is 3.68. The highest BCUT2D eigenvalue weighted by Gasteiger charge is 2.44. The third-order valence-corrected chi connectivity index (χ3v) is 10.6. The molecule has 0 spiro atoms. The molecule has 7 rings (SSSR count). The van der Waals surface area contributed by atoms with Crippen LogP contribution in [0.3, 0.4) is 0 Å². The minimum Gasteiger partial charge on any atom is -0.465 e. The molecule has 2 atom stereocenters. The van der Waals surface area contributed by atoms with E-state index < -0.39 is 29.2 Å². The molecule has 0 bridgehead atoms. The number of nitrogens with one attached hydrogen (secondary N) is 1. The number of halogens is 4. The van der Waals surface area contributed by atoms with Gasteiger partial charge in [0.25, 0.3) is 0 Å². The average molecular weight is 706 g/mol. The van der Waals surface area contributed by atoms with Crippen LogP contribution in [0.1, 0.15) is 79.8 Å². The molecule has 5 heterocycles. The fourth-order valence-corrected chi connectivity index (χ4v) is 8.15. The number of nitrogens with zero attached hydrogens (tertiary/aromatic N) is 6. The number of benzene rings is 2. The van der Waals surface area contributed by atoms with Crippen molar-refractivity contribution >= 4 is 23.6 Å². The lowest BCUT2D eigenvalue weighted by molar-refractivity contribution is -0.140. The summed E-state index contributed by atoms with van der Waals surface area (Å²) in [6.45, 7) is 3.71. The smallest absolute Gasteiger partial charge is 0.419 e. The van der Waals surface area contributed by atoms with Gasteiger partial charge in [-0.3, -0.25) is 4.79 Å². The van der Waals surface area contributed by atoms with Crippen molar-refractivity contribution in [2.24, 2.45) is 0 Å². The van der Waals surface area contributed by atoms with Crippen LogP contribution in [-0.2, 0) is 23.9 Å². The number of fused-ring (bicyclic) bond motifs is 1. The Balaban J connectivity index is 1.26. The quantitative estimate of drug-likeness (QED) is 0.183. The summed E-state index contributed by atoms with van der Waals surface area (Å²) in [6, 6.07) is 12.6. The molecule has 0 saturated carbocycles. The van der Waals surface area contributed by atoms with Crippen molar-refractivity contribution in [1.29, 1.82) is 0 Å². The van der Waals surface area contributed by atoms with Crippen LogP contribution in [0.15, 0.2) is 61.1 Å². The normalized spacial score (nSPS) is 21.1. The van der Waals surface area contributed by atoms with Crippen molar-refractivity contribution < 1.29 is 32.3 Å². The monoisotopic (exact) mass is 705 g/mol. The number of alkyl halides is 3. The molecular formula is C37H39F4N7O3. The first-order valence-electron chi connectivity index (χ1n) is 17.4. The zero-order valence-electron chi connectivity index (χ0n) is 28.2. The summed E-state index contributed by atoms with van der Waals surface area (Å²) in [5, 5.41) is 13.3. The summed E-state index contributed by atoms with van der Waals surface area (Å²) in [6.07, 6.45) is 1.67. The van der Waals surface area contributed by atoms with Gasteiger partial charge in [-0.1, -0.05) is 37.3 Å². The van der Waals surface area contributed by atoms with Gasteiger partial charge in [-0.15, -0.1) is 0 Å². The SMILES string of the molecule is CCC1C(=O)Nc2ncnc(N3CCC(c4nc(-c5ccc(F)c(C(F)(F)F)c5)cn4C[C@@]4(Cc5ccccc5)CCCCN4C(=O)O)CC3)c21. The molecule has 0 aliphatic carbocycles. The second-order valence-corrected chi connectivity index (χ2v) is 13.8. The second-order valence-electron chi connectivity index (χ2n) is 13.8. The first kappa shape index (κ1) is 34.4. The number of carbonyl (C=O) groups excluding carboxylic acids is 1. The van der Waals surface area contributed by atoms with Gasteiger partial charge < -0.3 is 24.8 Å². The number of imidazole rings is 1. The van der Waals surface area contributed by atoms with Crippen LogP contribution in [0.2, 0.25) is 0 Å². The maximum absolute atomic E-state index is 14.3. The van der Waals surface area contributed by atoms with E-state index in [0.717, 1.165) is 36.1 Å². The molecule has 3 aliphatic rings. The molecule has 2 aromatic heterocycles. The van der Waals surface area contributed by atoms with E-state index in [0.29, 0.717) is 69.2 Å². The molecule has 2 saturated heterocycles. The third kappa shape index (κ3) is 6.63. The van der Waals surface area contributed by atoms with E-state index in [-0.39, 0.29) is 35.5 Å². The van der Waals surface area contributed by atoms with Crippen LogP contribution >= 0.6 is 0 Å². The van der Waals surface area contributed by atoms with Gasteiger partial charge in [0.2, 0.25) is 5.91 Å². The lowest BCUT2D eigenvalue weighted by Gasteiger charge is -2.46. The summed E-state index contributed by atoms with van der Waals surface area (Å²) in [5.41, 5.74) is -0.0617. The van der Waals surface area contributed by atoms with E-state index in [1.165, 1.54) is 17.3 Å². The van der Waals surface area contributed by atoms with E-state index >= 15 is 0 Å². The van der Waals surface area contributed by atoms with Crippen molar-refractivity contribution in [3.05, 3.63) is 89.4 Å². The molecular weight excluding hydrogens is 666 g/mol. The molecule has 2 fully saturated rings. The number of hydrogen-bond donors (Lipinski definition) is 2. The first-order chi connectivity index (χ1) is 24.5. The van der Waals surface area contributed by atoms with Gasteiger partial charge in [0.05, 0.1) is 22.7 Å². The summed E-state index contributed by atoms with van der Waals surface area (Å²) in [7, 11) is 0. The van der Waals surface area contributed by atoms with E-state index in [4.69, 9.17) is 4.98 Å². The molecule has 10 nitrogen and oxygen atoms in total. The molecule has 1 unspecified atom stereocenters. The molecule has 2 aromatic carbocycles. The molecule has 2 N–H and O–H groups in total. The van der Waals surface area contributed by atoms with Crippen molar-refractivity contribution in [1.82, 2.24) is 24.4 Å². The van der Waals surface area contributed by atoms with Crippen molar-refractivity contribution in [2.75, 3.05) is 29.9 Å². The zero-order valence-corrected chi connectivity index (χ0v) is 28.2. The van der Waals surface area contributed by atoms with Gasteiger partial charge in [-0.2, -0.15) is 13.2 Å². The predicted molar refractivity (Wildman–Crippen MR) is 182 cm³/mol. The van der Waals surface area contributed by atoms with Gasteiger partial charge in [-0.05, 0) is 68.7 Å². The summed E-state index contributed by atoms with van der Waals surface area (Å²) >= 11 is 0. The molecule has 51 heavy (non-hydrogen) atoms. The number of carbonyl (C=O) groups is 2. The van der Waals surface area contributed by atoms with E-state index in [1.807, 2.05) is 41.8 Å². The first-order valence-corrected chi connectivity index (χ1v) is 17.4. The van der Waals surface area contributed by atoms with Crippen LogP contribution < -0.4 is 10.2 Å². The van der Waals surface area contributed by atoms with Crippen LogP contribution in [0.25, 0.3) is 11.3 Å². The Morgan fingerprint density at radius 2 is 1.82 bits per heavy atom.